The van der Waals surface area contributed by atoms with Crippen LogP contribution in [-0.4, -0.2) is 50.7 Å². The predicted octanol–water partition coefficient (Wildman–Crippen LogP) is 0.479. The lowest BCUT2D eigenvalue weighted by atomic mass is 9.97. The minimum absolute atomic E-state index is 0.00331. The highest BCUT2D eigenvalue weighted by molar-refractivity contribution is 5.80. The Balaban J connectivity index is 2.17. The Labute approximate surface area is 92.0 Å². The van der Waals surface area contributed by atoms with Crippen molar-refractivity contribution < 1.29 is 9.53 Å². The van der Waals surface area contributed by atoms with Crippen molar-refractivity contribution in [3.63, 3.8) is 0 Å². The second kappa shape index (κ2) is 6.08. The Morgan fingerprint density at radius 1 is 1.53 bits per heavy atom. The van der Waals surface area contributed by atoms with Gasteiger partial charge in [0.1, 0.15) is 6.10 Å². The minimum atomic E-state index is -0.337. The van der Waals surface area contributed by atoms with Gasteiger partial charge in [-0.25, -0.2) is 0 Å². The molecule has 1 rings (SSSR count). The number of carbonyl (C=O) groups excluding carboxylic acids is 1. The van der Waals surface area contributed by atoms with E-state index in [1.54, 1.807) is 14.0 Å². The summed E-state index contributed by atoms with van der Waals surface area (Å²) in [5.41, 5.74) is 0. The van der Waals surface area contributed by atoms with Crippen molar-refractivity contribution in [1.82, 2.24) is 10.2 Å². The van der Waals surface area contributed by atoms with E-state index in [1.807, 2.05) is 0 Å². The molecule has 1 saturated heterocycles. The molecule has 0 saturated carbocycles. The van der Waals surface area contributed by atoms with Gasteiger partial charge in [-0.1, -0.05) is 0 Å². The summed E-state index contributed by atoms with van der Waals surface area (Å²) < 4.78 is 4.95. The molecule has 4 heteroatoms. The van der Waals surface area contributed by atoms with E-state index >= 15 is 0 Å². The van der Waals surface area contributed by atoms with E-state index in [4.69, 9.17) is 4.74 Å². The Morgan fingerprint density at radius 2 is 2.13 bits per heavy atom. The van der Waals surface area contributed by atoms with Crippen LogP contribution in [0.25, 0.3) is 0 Å². The van der Waals surface area contributed by atoms with Crippen molar-refractivity contribution in [1.29, 1.82) is 0 Å². The van der Waals surface area contributed by atoms with Crippen molar-refractivity contribution in [2.24, 2.45) is 5.92 Å². The number of amides is 1. The van der Waals surface area contributed by atoms with Gasteiger partial charge >= 0.3 is 0 Å². The fourth-order valence-corrected chi connectivity index (χ4v) is 1.76. The molecule has 1 N–H and O–H groups in total. The summed E-state index contributed by atoms with van der Waals surface area (Å²) in [4.78, 5) is 13.8. The smallest absolute Gasteiger partial charge is 0.248 e. The Hall–Kier alpha value is -0.610. The van der Waals surface area contributed by atoms with Crippen molar-refractivity contribution in [2.45, 2.75) is 25.9 Å². The molecule has 0 spiro atoms. The van der Waals surface area contributed by atoms with Crippen LogP contribution in [-0.2, 0) is 9.53 Å². The summed E-state index contributed by atoms with van der Waals surface area (Å²) in [5, 5.41) is 2.94. The number of rotatable bonds is 4. The number of methoxy groups -OCH3 is 1. The second-order valence-electron chi connectivity index (χ2n) is 4.37. The summed E-state index contributed by atoms with van der Waals surface area (Å²) >= 11 is 0. The number of nitrogens with zero attached hydrogens (tertiary/aromatic N) is 1. The van der Waals surface area contributed by atoms with Crippen molar-refractivity contribution in [3.05, 3.63) is 0 Å². The number of nitrogens with one attached hydrogen (secondary N) is 1. The number of piperidine rings is 1. The van der Waals surface area contributed by atoms with E-state index in [0.29, 0.717) is 5.92 Å². The standard InChI is InChI=1S/C11H22N2O2/c1-9(15-3)11(14)12-8-10-4-6-13(2)7-5-10/h9-10H,4-8H2,1-3H3,(H,12,14). The molecule has 0 aromatic heterocycles. The number of likely N-dealkylation sites (tertiary alicyclic amines) is 1. The molecule has 4 nitrogen and oxygen atoms in total. The normalized spacial score (nSPS) is 21.3. The van der Waals surface area contributed by atoms with Crippen molar-refractivity contribution in [2.75, 3.05) is 33.8 Å². The maximum absolute atomic E-state index is 11.4. The second-order valence-corrected chi connectivity index (χ2v) is 4.37. The van der Waals surface area contributed by atoms with Crippen molar-refractivity contribution in [3.8, 4) is 0 Å². The number of hydrogen-bond acceptors (Lipinski definition) is 3. The van der Waals surface area contributed by atoms with Gasteiger partial charge in [0.25, 0.3) is 0 Å². The van der Waals surface area contributed by atoms with E-state index < -0.39 is 0 Å². The topological polar surface area (TPSA) is 41.6 Å². The van der Waals surface area contributed by atoms with Crippen LogP contribution in [0.1, 0.15) is 19.8 Å². The first-order valence-corrected chi connectivity index (χ1v) is 5.62. The third-order valence-electron chi connectivity index (χ3n) is 3.13. The van der Waals surface area contributed by atoms with Crippen LogP contribution in [0, 0.1) is 5.92 Å². The van der Waals surface area contributed by atoms with Gasteiger partial charge in [0.05, 0.1) is 0 Å². The fourth-order valence-electron chi connectivity index (χ4n) is 1.76. The first kappa shape index (κ1) is 12.5. The molecule has 0 aromatic carbocycles. The summed E-state index contributed by atoms with van der Waals surface area (Å²) in [7, 11) is 3.70. The molecule has 0 aromatic rings. The van der Waals surface area contributed by atoms with Crippen molar-refractivity contribution >= 4 is 5.91 Å². The zero-order chi connectivity index (χ0) is 11.3. The fraction of sp³-hybridized carbons (Fsp3) is 0.909. The SMILES string of the molecule is COC(C)C(=O)NCC1CCN(C)CC1. The average molecular weight is 214 g/mol. The van der Waals surface area contributed by atoms with Crippen LogP contribution >= 0.6 is 0 Å². The molecule has 88 valence electrons. The van der Waals surface area contributed by atoms with Crippen LogP contribution in [0.15, 0.2) is 0 Å². The van der Waals surface area contributed by atoms with Crippen LogP contribution in [0.4, 0.5) is 0 Å². The highest BCUT2D eigenvalue weighted by Gasteiger charge is 2.18. The number of ether oxygens (including phenoxy) is 1. The van der Waals surface area contributed by atoms with Crippen LogP contribution in [0.2, 0.25) is 0 Å². The molecule has 1 unspecified atom stereocenters. The van der Waals surface area contributed by atoms with Gasteiger partial charge in [0.15, 0.2) is 0 Å². The molecule has 0 aliphatic carbocycles. The van der Waals surface area contributed by atoms with E-state index in [-0.39, 0.29) is 12.0 Å². The summed E-state index contributed by atoms with van der Waals surface area (Å²) in [6.45, 7) is 4.84. The van der Waals surface area contributed by atoms with Gasteiger partial charge in [-0.15, -0.1) is 0 Å². The zero-order valence-electron chi connectivity index (χ0n) is 9.95. The third-order valence-corrected chi connectivity index (χ3v) is 3.13. The van der Waals surface area contributed by atoms with Crippen LogP contribution < -0.4 is 5.32 Å². The lowest BCUT2D eigenvalue weighted by Crippen LogP contribution is -2.40. The summed E-state index contributed by atoms with van der Waals surface area (Å²) in [5.74, 6) is 0.630. The summed E-state index contributed by atoms with van der Waals surface area (Å²) in [6.07, 6.45) is 2.02. The maximum Gasteiger partial charge on any atom is 0.248 e. The summed E-state index contributed by atoms with van der Waals surface area (Å²) in [6, 6.07) is 0. The zero-order valence-corrected chi connectivity index (χ0v) is 9.95. The van der Waals surface area contributed by atoms with E-state index in [0.717, 1.165) is 19.6 Å². The van der Waals surface area contributed by atoms with Gasteiger partial charge in [0.2, 0.25) is 5.91 Å². The van der Waals surface area contributed by atoms with Gasteiger partial charge in [-0.3, -0.25) is 4.79 Å². The molecular formula is C11H22N2O2. The first-order valence-electron chi connectivity index (χ1n) is 5.62. The Bertz CT molecular complexity index is 201. The molecule has 1 heterocycles. The molecule has 0 radical (unpaired) electrons. The van der Waals surface area contributed by atoms with Gasteiger partial charge in [-0.2, -0.15) is 0 Å². The predicted molar refractivity (Wildman–Crippen MR) is 59.7 cm³/mol. The molecule has 1 aliphatic heterocycles. The van der Waals surface area contributed by atoms with Crippen LogP contribution in [0.5, 0.6) is 0 Å². The molecule has 0 bridgehead atoms. The van der Waals surface area contributed by atoms with Crippen LogP contribution in [0.3, 0.4) is 0 Å². The highest BCUT2D eigenvalue weighted by Crippen LogP contribution is 2.14. The molecule has 15 heavy (non-hydrogen) atoms. The lowest BCUT2D eigenvalue weighted by molar-refractivity contribution is -0.130. The van der Waals surface area contributed by atoms with E-state index in [9.17, 15) is 4.79 Å². The molecule has 1 fully saturated rings. The number of hydrogen-bond donors (Lipinski definition) is 1. The van der Waals surface area contributed by atoms with E-state index in [2.05, 4.69) is 17.3 Å². The monoisotopic (exact) mass is 214 g/mol. The van der Waals surface area contributed by atoms with Gasteiger partial charge in [0, 0.05) is 13.7 Å². The molecule has 1 atom stereocenters. The third kappa shape index (κ3) is 4.18. The highest BCUT2D eigenvalue weighted by atomic mass is 16.5. The first-order chi connectivity index (χ1) is 7.13. The van der Waals surface area contributed by atoms with E-state index in [1.165, 1.54) is 12.8 Å². The van der Waals surface area contributed by atoms with Gasteiger partial charge < -0.3 is 15.0 Å². The quantitative estimate of drug-likeness (QED) is 0.740. The molecular weight excluding hydrogens is 192 g/mol. The Morgan fingerprint density at radius 3 is 2.67 bits per heavy atom. The average Bonchev–Trinajstić information content (AvgIpc) is 2.26. The Kier molecular flexibility index (Phi) is 5.05. The number of carbonyl (C=O) groups is 1. The largest absolute Gasteiger partial charge is 0.372 e. The minimum Gasteiger partial charge on any atom is -0.372 e. The maximum atomic E-state index is 11.4. The van der Waals surface area contributed by atoms with Gasteiger partial charge in [-0.05, 0) is 45.8 Å². The molecule has 1 amide bonds. The molecule has 1 aliphatic rings. The lowest BCUT2D eigenvalue weighted by Gasteiger charge is -2.29.